The number of amides is 1. The first-order chi connectivity index (χ1) is 12.0. The molecule has 0 bridgehead atoms. The van der Waals surface area contributed by atoms with Crippen molar-refractivity contribution in [2.24, 2.45) is 5.10 Å². The molecular weight excluding hydrogens is 514 g/mol. The second-order valence-electron chi connectivity index (χ2n) is 5.47. The van der Waals surface area contributed by atoms with Crippen molar-refractivity contribution in [1.29, 1.82) is 0 Å². The van der Waals surface area contributed by atoms with Crippen molar-refractivity contribution in [1.82, 2.24) is 5.43 Å². The topological polar surface area (TPSA) is 53.5 Å². The quantitative estimate of drug-likeness (QED) is 0.365. The lowest BCUT2D eigenvalue weighted by atomic mass is 10.1. The van der Waals surface area contributed by atoms with Gasteiger partial charge in [-0.25, -0.2) is 5.43 Å². The summed E-state index contributed by atoms with van der Waals surface area (Å²) in [4.78, 5) is 12.0. The van der Waals surface area contributed by atoms with Gasteiger partial charge in [0.1, 0.15) is 0 Å². The van der Waals surface area contributed by atoms with Gasteiger partial charge >= 0.3 is 0 Å². The molecule has 0 aromatic heterocycles. The Morgan fingerprint density at radius 3 is 2.36 bits per heavy atom. The molecule has 0 saturated heterocycles. The average molecular weight is 532 g/mol. The molecule has 0 aliphatic rings. The van der Waals surface area contributed by atoms with E-state index in [1.807, 2.05) is 37.3 Å². The molecule has 0 spiro atoms. The summed E-state index contributed by atoms with van der Waals surface area (Å²) in [6.07, 6.45) is 1.71. The summed E-state index contributed by atoms with van der Waals surface area (Å²) in [6, 6.07) is 14.0. The summed E-state index contributed by atoms with van der Waals surface area (Å²) in [5.41, 5.74) is 5.56. The zero-order valence-electron chi connectivity index (χ0n) is 13.7. The first kappa shape index (κ1) is 20.1. The van der Waals surface area contributed by atoms with E-state index in [0.717, 1.165) is 37.7 Å². The highest BCUT2D eigenvalue weighted by atomic mass is 79.9. The molecule has 25 heavy (non-hydrogen) atoms. The molecule has 1 amide bonds. The number of carbonyl (C=O) groups is 1. The van der Waals surface area contributed by atoms with Crippen LogP contribution < -0.4 is 10.7 Å². The SMILES string of the molecule is C/C(CCc1ccccc1)=N/NC(=O)CNc1c(Br)cc(Br)cc1Br. The third kappa shape index (κ3) is 6.92. The van der Waals surface area contributed by atoms with Crippen LogP contribution in [-0.4, -0.2) is 18.2 Å². The van der Waals surface area contributed by atoms with Crippen molar-refractivity contribution < 1.29 is 4.79 Å². The molecule has 0 heterocycles. The molecular formula is C18H18Br3N3O. The van der Waals surface area contributed by atoms with Gasteiger partial charge in [0.15, 0.2) is 0 Å². The Morgan fingerprint density at radius 1 is 1.08 bits per heavy atom. The Bertz CT molecular complexity index is 740. The van der Waals surface area contributed by atoms with Crippen molar-refractivity contribution in [3.8, 4) is 0 Å². The number of nitrogens with zero attached hydrogens (tertiary/aromatic N) is 1. The minimum Gasteiger partial charge on any atom is -0.374 e. The number of carbonyl (C=O) groups excluding carboxylic acids is 1. The van der Waals surface area contributed by atoms with Crippen molar-refractivity contribution in [3.05, 3.63) is 61.4 Å². The fourth-order valence-electron chi connectivity index (χ4n) is 2.10. The number of aryl methyl sites for hydroxylation is 1. The van der Waals surface area contributed by atoms with Gasteiger partial charge in [0.2, 0.25) is 0 Å². The molecule has 0 unspecified atom stereocenters. The first-order valence-electron chi connectivity index (χ1n) is 7.70. The highest BCUT2D eigenvalue weighted by Crippen LogP contribution is 2.34. The Hall–Kier alpha value is -1.18. The maximum absolute atomic E-state index is 12.0. The predicted molar refractivity (Wildman–Crippen MR) is 114 cm³/mol. The predicted octanol–water partition coefficient (Wildman–Crippen LogP) is 5.51. The van der Waals surface area contributed by atoms with Crippen molar-refractivity contribution in [3.63, 3.8) is 0 Å². The van der Waals surface area contributed by atoms with Crippen molar-refractivity contribution >= 4 is 65.1 Å². The van der Waals surface area contributed by atoms with E-state index in [9.17, 15) is 4.79 Å². The van der Waals surface area contributed by atoms with E-state index < -0.39 is 0 Å². The number of hydrogen-bond acceptors (Lipinski definition) is 3. The molecule has 2 N–H and O–H groups in total. The molecule has 2 rings (SSSR count). The number of halogens is 3. The van der Waals surface area contributed by atoms with Gasteiger partial charge in [-0.05, 0) is 69.3 Å². The third-order valence-corrected chi connectivity index (χ3v) is 5.13. The average Bonchev–Trinajstić information content (AvgIpc) is 2.58. The number of nitrogens with one attached hydrogen (secondary N) is 2. The van der Waals surface area contributed by atoms with Crippen LogP contribution in [0.15, 0.2) is 61.0 Å². The largest absolute Gasteiger partial charge is 0.374 e. The lowest BCUT2D eigenvalue weighted by molar-refractivity contribution is -0.119. The molecule has 0 saturated carbocycles. The Morgan fingerprint density at radius 2 is 1.72 bits per heavy atom. The number of hydrazone groups is 1. The number of rotatable bonds is 7. The van der Waals surface area contributed by atoms with Gasteiger partial charge < -0.3 is 5.32 Å². The van der Waals surface area contributed by atoms with Gasteiger partial charge in [0.25, 0.3) is 5.91 Å². The smallest absolute Gasteiger partial charge is 0.259 e. The van der Waals surface area contributed by atoms with E-state index in [1.165, 1.54) is 5.56 Å². The maximum Gasteiger partial charge on any atom is 0.259 e. The van der Waals surface area contributed by atoms with Crippen LogP contribution in [0.5, 0.6) is 0 Å². The van der Waals surface area contributed by atoms with Gasteiger partial charge in [-0.1, -0.05) is 46.3 Å². The second-order valence-corrected chi connectivity index (χ2v) is 8.09. The van der Waals surface area contributed by atoms with Crippen LogP contribution >= 0.6 is 47.8 Å². The zero-order valence-corrected chi connectivity index (χ0v) is 18.4. The molecule has 2 aromatic carbocycles. The van der Waals surface area contributed by atoms with Gasteiger partial charge in [0.05, 0.1) is 12.2 Å². The number of benzene rings is 2. The second kappa shape index (κ2) is 10.1. The van der Waals surface area contributed by atoms with Gasteiger partial charge in [-0.2, -0.15) is 5.10 Å². The highest BCUT2D eigenvalue weighted by molar-refractivity contribution is 9.11. The van der Waals surface area contributed by atoms with Crippen LogP contribution in [0.4, 0.5) is 5.69 Å². The molecule has 0 atom stereocenters. The van der Waals surface area contributed by atoms with Crippen molar-refractivity contribution in [2.45, 2.75) is 19.8 Å². The summed E-state index contributed by atoms with van der Waals surface area (Å²) < 4.78 is 2.67. The molecule has 4 nitrogen and oxygen atoms in total. The first-order valence-corrected chi connectivity index (χ1v) is 10.1. The van der Waals surface area contributed by atoms with E-state index in [2.05, 4.69) is 75.8 Å². The van der Waals surface area contributed by atoms with E-state index in [0.29, 0.717) is 0 Å². The Kier molecular flexibility index (Phi) is 8.12. The standard InChI is InChI=1S/C18H18Br3N3O/c1-12(7-8-13-5-3-2-4-6-13)23-24-17(25)11-22-18-15(20)9-14(19)10-16(18)21/h2-6,9-10,22H,7-8,11H2,1H3,(H,24,25)/b23-12-. The zero-order chi connectivity index (χ0) is 18.2. The summed E-state index contributed by atoms with van der Waals surface area (Å²) in [5, 5.41) is 7.25. The van der Waals surface area contributed by atoms with Gasteiger partial charge in [-0.3, -0.25) is 4.79 Å². The monoisotopic (exact) mass is 529 g/mol. The van der Waals surface area contributed by atoms with E-state index in [1.54, 1.807) is 0 Å². The Balaban J connectivity index is 1.80. The molecule has 7 heteroatoms. The van der Waals surface area contributed by atoms with Crippen molar-refractivity contribution in [2.75, 3.05) is 11.9 Å². The van der Waals surface area contributed by atoms with E-state index in [-0.39, 0.29) is 12.5 Å². The minimum atomic E-state index is -0.194. The molecule has 0 radical (unpaired) electrons. The lowest BCUT2D eigenvalue weighted by Gasteiger charge is -2.11. The van der Waals surface area contributed by atoms with Crippen LogP contribution in [-0.2, 0) is 11.2 Å². The fourth-order valence-corrected chi connectivity index (χ4v) is 4.64. The minimum absolute atomic E-state index is 0.133. The maximum atomic E-state index is 12.0. The number of anilines is 1. The Labute approximate surface area is 172 Å². The third-order valence-electron chi connectivity index (χ3n) is 3.42. The molecule has 0 aliphatic carbocycles. The van der Waals surface area contributed by atoms with Crippen LogP contribution in [0.3, 0.4) is 0 Å². The van der Waals surface area contributed by atoms with Crippen LogP contribution in [0.1, 0.15) is 18.9 Å². The van der Waals surface area contributed by atoms with Crippen LogP contribution in [0, 0.1) is 0 Å². The summed E-state index contributed by atoms with van der Waals surface area (Å²) >= 11 is 10.4. The molecule has 0 aliphatic heterocycles. The molecule has 0 fully saturated rings. The number of hydrogen-bond donors (Lipinski definition) is 2. The lowest BCUT2D eigenvalue weighted by Crippen LogP contribution is -2.27. The van der Waals surface area contributed by atoms with Crippen LogP contribution in [0.25, 0.3) is 0 Å². The van der Waals surface area contributed by atoms with Gasteiger partial charge in [-0.15, -0.1) is 0 Å². The fraction of sp³-hybridized carbons (Fsp3) is 0.222. The molecule has 132 valence electrons. The van der Waals surface area contributed by atoms with Gasteiger partial charge in [0, 0.05) is 19.1 Å². The molecule has 2 aromatic rings. The highest BCUT2D eigenvalue weighted by Gasteiger charge is 2.08. The summed E-state index contributed by atoms with van der Waals surface area (Å²) in [5.74, 6) is -0.194. The summed E-state index contributed by atoms with van der Waals surface area (Å²) in [6.45, 7) is 2.05. The van der Waals surface area contributed by atoms with E-state index in [4.69, 9.17) is 0 Å². The van der Waals surface area contributed by atoms with E-state index >= 15 is 0 Å². The van der Waals surface area contributed by atoms with Crippen LogP contribution in [0.2, 0.25) is 0 Å². The summed E-state index contributed by atoms with van der Waals surface area (Å²) in [7, 11) is 0. The normalized spacial score (nSPS) is 11.3.